The summed E-state index contributed by atoms with van der Waals surface area (Å²) < 4.78 is 11.7. The van der Waals surface area contributed by atoms with Crippen LogP contribution in [0.4, 0.5) is 0 Å². The van der Waals surface area contributed by atoms with Crippen LogP contribution in [-0.4, -0.2) is 31.3 Å². The van der Waals surface area contributed by atoms with E-state index in [-0.39, 0.29) is 0 Å². The highest BCUT2D eigenvalue weighted by Crippen LogP contribution is 2.24. The van der Waals surface area contributed by atoms with Crippen molar-refractivity contribution in [1.29, 1.82) is 0 Å². The molecule has 0 fully saturated rings. The maximum atomic E-state index is 5.97. The SMILES string of the molecule is CCCCCCCCCCOc1ncc(-c2ccc(OCCCC[Si](C)(C)CCCC)cc2)cn1. The third-order valence-electron chi connectivity index (χ3n) is 6.77. The topological polar surface area (TPSA) is 44.2 Å². The van der Waals surface area contributed by atoms with Gasteiger partial charge in [-0.15, -0.1) is 0 Å². The van der Waals surface area contributed by atoms with Gasteiger partial charge in [0.2, 0.25) is 0 Å². The van der Waals surface area contributed by atoms with Gasteiger partial charge in [-0.1, -0.05) is 115 Å². The fourth-order valence-electron chi connectivity index (χ4n) is 4.36. The van der Waals surface area contributed by atoms with E-state index >= 15 is 0 Å². The first-order valence-electron chi connectivity index (χ1n) is 14.2. The number of hydrogen-bond acceptors (Lipinski definition) is 4. The second-order valence-electron chi connectivity index (χ2n) is 10.7. The van der Waals surface area contributed by atoms with Crippen LogP contribution < -0.4 is 9.47 Å². The summed E-state index contributed by atoms with van der Waals surface area (Å²) in [6, 6.07) is 11.6. The standard InChI is InChI=1S/C30H50N2O2Si/c1-5-7-9-10-11-12-13-14-22-34-30-31-25-28(26-32-30)27-17-19-29(20-18-27)33-21-15-16-24-35(3,4)23-8-6-2/h17-20,25-26H,5-16,21-24H2,1-4H3. The summed E-state index contributed by atoms with van der Waals surface area (Å²) in [7, 11) is -0.998. The zero-order valence-corrected chi connectivity index (χ0v) is 24.0. The molecule has 0 aliphatic rings. The Kier molecular flexibility index (Phi) is 14.7. The third kappa shape index (κ3) is 13.1. The van der Waals surface area contributed by atoms with Gasteiger partial charge < -0.3 is 9.47 Å². The Morgan fingerprint density at radius 3 is 1.80 bits per heavy atom. The third-order valence-corrected chi connectivity index (χ3v) is 10.2. The molecule has 0 bridgehead atoms. The Morgan fingerprint density at radius 1 is 0.600 bits per heavy atom. The first-order chi connectivity index (χ1) is 17.0. The van der Waals surface area contributed by atoms with Gasteiger partial charge in [0.05, 0.1) is 13.2 Å². The molecule has 0 N–H and O–H groups in total. The molecule has 0 spiro atoms. The van der Waals surface area contributed by atoms with E-state index in [1.807, 2.05) is 24.5 Å². The average molecular weight is 499 g/mol. The largest absolute Gasteiger partial charge is 0.494 e. The second kappa shape index (κ2) is 17.5. The first kappa shape index (κ1) is 29.3. The highest BCUT2D eigenvalue weighted by atomic mass is 28.3. The molecule has 0 atom stereocenters. The number of rotatable bonds is 20. The van der Waals surface area contributed by atoms with Crippen LogP contribution in [0.1, 0.15) is 90.9 Å². The van der Waals surface area contributed by atoms with E-state index in [0.717, 1.165) is 36.3 Å². The molecule has 0 saturated carbocycles. The van der Waals surface area contributed by atoms with Crippen molar-refractivity contribution in [2.45, 2.75) is 116 Å². The number of aromatic nitrogens is 2. The van der Waals surface area contributed by atoms with Crippen LogP contribution in [-0.2, 0) is 0 Å². The van der Waals surface area contributed by atoms with E-state index in [2.05, 4.69) is 49.0 Å². The van der Waals surface area contributed by atoms with Crippen molar-refractivity contribution in [3.8, 4) is 22.9 Å². The van der Waals surface area contributed by atoms with E-state index in [4.69, 9.17) is 9.47 Å². The number of hydrogen-bond donors (Lipinski definition) is 0. The highest BCUT2D eigenvalue weighted by molar-refractivity contribution is 6.77. The van der Waals surface area contributed by atoms with Crippen LogP contribution in [0.2, 0.25) is 25.2 Å². The molecule has 1 aromatic heterocycles. The zero-order valence-electron chi connectivity index (χ0n) is 23.0. The molecule has 2 rings (SSSR count). The van der Waals surface area contributed by atoms with E-state index in [9.17, 15) is 0 Å². The summed E-state index contributed by atoms with van der Waals surface area (Å²) in [4.78, 5) is 8.78. The van der Waals surface area contributed by atoms with E-state index in [0.29, 0.717) is 12.6 Å². The molecule has 0 unspecified atom stereocenters. The monoisotopic (exact) mass is 498 g/mol. The van der Waals surface area contributed by atoms with Gasteiger partial charge in [-0.2, -0.15) is 0 Å². The molecule has 0 aliphatic carbocycles. The lowest BCUT2D eigenvalue weighted by molar-refractivity contribution is 0.281. The molecular formula is C30H50N2O2Si. The van der Waals surface area contributed by atoms with Gasteiger partial charge in [-0.25, -0.2) is 9.97 Å². The van der Waals surface area contributed by atoms with Gasteiger partial charge in [-0.05, 0) is 30.5 Å². The summed E-state index contributed by atoms with van der Waals surface area (Å²) in [6.07, 6.45) is 19.2. The van der Waals surface area contributed by atoms with Crippen LogP contribution in [0, 0.1) is 0 Å². The lowest BCUT2D eigenvalue weighted by Crippen LogP contribution is -2.24. The Labute approximate surface area is 216 Å². The molecular weight excluding hydrogens is 448 g/mol. The molecule has 0 amide bonds. The fourth-order valence-corrected chi connectivity index (χ4v) is 7.13. The van der Waals surface area contributed by atoms with Gasteiger partial charge >= 0.3 is 6.01 Å². The van der Waals surface area contributed by atoms with Crippen molar-refractivity contribution in [2.75, 3.05) is 13.2 Å². The Bertz CT molecular complexity index is 778. The molecule has 0 radical (unpaired) electrons. The minimum absolute atomic E-state index is 0.470. The quantitative estimate of drug-likeness (QED) is 0.135. The lowest BCUT2D eigenvalue weighted by atomic mass is 10.1. The predicted molar refractivity (Wildman–Crippen MR) is 152 cm³/mol. The number of ether oxygens (including phenoxy) is 2. The number of unbranched alkanes of at least 4 members (excludes halogenated alkanes) is 9. The van der Waals surface area contributed by atoms with Crippen LogP contribution in [0.15, 0.2) is 36.7 Å². The number of benzene rings is 1. The summed E-state index contributed by atoms with van der Waals surface area (Å²) >= 11 is 0. The Balaban J connectivity index is 1.62. The lowest BCUT2D eigenvalue weighted by Gasteiger charge is -2.21. The smallest absolute Gasteiger partial charge is 0.316 e. The second-order valence-corrected chi connectivity index (χ2v) is 16.0. The van der Waals surface area contributed by atoms with Gasteiger partial charge in [0, 0.05) is 26.0 Å². The summed E-state index contributed by atoms with van der Waals surface area (Å²) in [5, 5.41) is 0. The average Bonchev–Trinajstić information content (AvgIpc) is 2.87. The van der Waals surface area contributed by atoms with Crippen molar-refractivity contribution in [3.05, 3.63) is 36.7 Å². The van der Waals surface area contributed by atoms with Crippen LogP contribution in [0.3, 0.4) is 0 Å². The zero-order chi connectivity index (χ0) is 25.2. The molecule has 2 aromatic rings. The summed E-state index contributed by atoms with van der Waals surface area (Å²) in [5.74, 6) is 0.933. The molecule has 0 saturated heterocycles. The van der Waals surface area contributed by atoms with Crippen LogP contribution >= 0.6 is 0 Å². The van der Waals surface area contributed by atoms with Gasteiger partial charge in [0.15, 0.2) is 0 Å². The Morgan fingerprint density at radius 2 is 1.14 bits per heavy atom. The molecule has 35 heavy (non-hydrogen) atoms. The molecule has 1 heterocycles. The van der Waals surface area contributed by atoms with Crippen molar-refractivity contribution < 1.29 is 9.47 Å². The highest BCUT2D eigenvalue weighted by Gasteiger charge is 2.18. The minimum Gasteiger partial charge on any atom is -0.494 e. The summed E-state index contributed by atoms with van der Waals surface area (Å²) in [6.45, 7) is 11.1. The minimum atomic E-state index is -0.998. The fraction of sp³-hybridized carbons (Fsp3) is 0.667. The van der Waals surface area contributed by atoms with Crippen molar-refractivity contribution in [2.24, 2.45) is 0 Å². The van der Waals surface area contributed by atoms with Gasteiger partial charge in [0.1, 0.15) is 5.75 Å². The molecule has 196 valence electrons. The maximum absolute atomic E-state index is 5.97. The van der Waals surface area contributed by atoms with Crippen molar-refractivity contribution in [3.63, 3.8) is 0 Å². The molecule has 0 aliphatic heterocycles. The maximum Gasteiger partial charge on any atom is 0.316 e. The molecule has 4 nitrogen and oxygen atoms in total. The van der Waals surface area contributed by atoms with Crippen LogP contribution in [0.5, 0.6) is 11.8 Å². The van der Waals surface area contributed by atoms with E-state index in [1.165, 1.54) is 76.3 Å². The van der Waals surface area contributed by atoms with Crippen molar-refractivity contribution in [1.82, 2.24) is 9.97 Å². The summed E-state index contributed by atoms with van der Waals surface area (Å²) in [5.41, 5.74) is 2.09. The molecule has 5 heteroatoms. The number of nitrogens with zero attached hydrogens (tertiary/aromatic N) is 2. The van der Waals surface area contributed by atoms with Crippen molar-refractivity contribution >= 4 is 8.07 Å². The van der Waals surface area contributed by atoms with E-state index < -0.39 is 8.07 Å². The molecule has 1 aromatic carbocycles. The van der Waals surface area contributed by atoms with Gasteiger partial charge in [-0.3, -0.25) is 0 Å². The Hall–Kier alpha value is -1.88. The first-order valence-corrected chi connectivity index (χ1v) is 17.6. The predicted octanol–water partition coefficient (Wildman–Crippen LogP) is 9.33. The van der Waals surface area contributed by atoms with Crippen LogP contribution in [0.25, 0.3) is 11.1 Å². The van der Waals surface area contributed by atoms with E-state index in [1.54, 1.807) is 0 Å². The van der Waals surface area contributed by atoms with Gasteiger partial charge in [0.25, 0.3) is 0 Å². The normalized spacial score (nSPS) is 11.5.